The fourth-order valence-electron chi connectivity index (χ4n) is 2.72. The summed E-state index contributed by atoms with van der Waals surface area (Å²) >= 11 is 0. The van der Waals surface area contributed by atoms with Gasteiger partial charge in [-0.2, -0.15) is 0 Å². The van der Waals surface area contributed by atoms with Crippen molar-refractivity contribution in [2.75, 3.05) is 12.3 Å². The molecular weight excluding hydrogens is 264 g/mol. The average molecular weight is 286 g/mol. The number of nitrogens with two attached hydrogens (primary N) is 1. The first-order chi connectivity index (χ1) is 10.2. The van der Waals surface area contributed by atoms with Crippen LogP contribution in [-0.4, -0.2) is 31.4 Å². The van der Waals surface area contributed by atoms with E-state index >= 15 is 0 Å². The summed E-state index contributed by atoms with van der Waals surface area (Å²) in [6.07, 6.45) is 8.15. The summed E-state index contributed by atoms with van der Waals surface area (Å²) in [5.41, 5.74) is 9.09. The van der Waals surface area contributed by atoms with Crippen molar-refractivity contribution in [1.29, 1.82) is 0 Å². The molecule has 0 saturated carbocycles. The summed E-state index contributed by atoms with van der Waals surface area (Å²) in [6.45, 7) is 4.96. The van der Waals surface area contributed by atoms with Crippen LogP contribution in [0, 0.1) is 0 Å². The van der Waals surface area contributed by atoms with Crippen molar-refractivity contribution in [3.05, 3.63) is 35.2 Å². The summed E-state index contributed by atoms with van der Waals surface area (Å²) in [5, 5.41) is 0. The Morgan fingerprint density at radius 2 is 2.24 bits per heavy atom. The van der Waals surface area contributed by atoms with Crippen LogP contribution in [0.5, 0.6) is 0 Å². The van der Waals surface area contributed by atoms with Gasteiger partial charge >= 0.3 is 0 Å². The molecule has 3 rings (SSSR count). The summed E-state index contributed by atoms with van der Waals surface area (Å²) in [7, 11) is 0. The summed E-state index contributed by atoms with van der Waals surface area (Å²) in [6, 6.07) is 0. The molecule has 0 fully saturated rings. The standard InChI is InChI=1S/C15H22N6/c1-2-3-4-14-17-8-12(19-14)10-21-6-5-13-11(9-21)7-18-15(16)20-13/h7-8H,2-6,9-10H2,1H3,(H,17,19)(H2,16,18,20). The third-order valence-corrected chi connectivity index (χ3v) is 3.87. The first kappa shape index (κ1) is 14.0. The first-order valence-electron chi connectivity index (χ1n) is 7.60. The van der Waals surface area contributed by atoms with Gasteiger partial charge in [0.15, 0.2) is 0 Å². The predicted molar refractivity (Wildman–Crippen MR) is 81.5 cm³/mol. The number of nitrogen functional groups attached to an aromatic ring is 1. The average Bonchev–Trinajstić information content (AvgIpc) is 2.93. The summed E-state index contributed by atoms with van der Waals surface area (Å²) < 4.78 is 0. The van der Waals surface area contributed by atoms with Crippen LogP contribution in [0.3, 0.4) is 0 Å². The molecule has 6 nitrogen and oxygen atoms in total. The number of anilines is 1. The van der Waals surface area contributed by atoms with Gasteiger partial charge in [0, 0.05) is 56.1 Å². The molecule has 0 saturated heterocycles. The molecule has 2 aromatic heterocycles. The molecule has 0 aromatic carbocycles. The Morgan fingerprint density at radius 1 is 1.33 bits per heavy atom. The van der Waals surface area contributed by atoms with E-state index in [1.54, 1.807) is 0 Å². The Kier molecular flexibility index (Phi) is 4.15. The monoisotopic (exact) mass is 286 g/mol. The molecule has 0 bridgehead atoms. The fraction of sp³-hybridized carbons (Fsp3) is 0.533. The second kappa shape index (κ2) is 6.22. The molecule has 21 heavy (non-hydrogen) atoms. The lowest BCUT2D eigenvalue weighted by molar-refractivity contribution is 0.240. The van der Waals surface area contributed by atoms with Gasteiger partial charge in [-0.25, -0.2) is 15.0 Å². The Labute approximate surface area is 124 Å². The molecular formula is C15H22N6. The minimum atomic E-state index is 0.372. The van der Waals surface area contributed by atoms with Crippen LogP contribution in [0.2, 0.25) is 0 Å². The highest BCUT2D eigenvalue weighted by Gasteiger charge is 2.18. The van der Waals surface area contributed by atoms with Gasteiger partial charge in [-0.15, -0.1) is 0 Å². The summed E-state index contributed by atoms with van der Waals surface area (Å²) in [5.74, 6) is 1.47. The number of nitrogens with zero attached hydrogens (tertiary/aromatic N) is 4. The van der Waals surface area contributed by atoms with Gasteiger partial charge < -0.3 is 10.7 Å². The van der Waals surface area contributed by atoms with Gasteiger partial charge in [-0.1, -0.05) is 13.3 Å². The molecule has 1 aliphatic rings. The number of fused-ring (bicyclic) bond motifs is 1. The van der Waals surface area contributed by atoms with Gasteiger partial charge in [0.2, 0.25) is 5.95 Å². The maximum absolute atomic E-state index is 5.63. The molecule has 6 heteroatoms. The van der Waals surface area contributed by atoms with E-state index in [1.807, 2.05) is 12.4 Å². The molecule has 3 heterocycles. The minimum Gasteiger partial charge on any atom is -0.368 e. The third-order valence-electron chi connectivity index (χ3n) is 3.87. The van der Waals surface area contributed by atoms with Gasteiger partial charge in [0.25, 0.3) is 0 Å². The largest absolute Gasteiger partial charge is 0.368 e. The van der Waals surface area contributed by atoms with Crippen LogP contribution in [0.25, 0.3) is 0 Å². The fourth-order valence-corrected chi connectivity index (χ4v) is 2.72. The highest BCUT2D eigenvalue weighted by Crippen LogP contribution is 2.18. The first-order valence-corrected chi connectivity index (χ1v) is 7.60. The van der Waals surface area contributed by atoms with E-state index in [0.717, 1.165) is 44.0 Å². The molecule has 0 amide bonds. The molecule has 0 spiro atoms. The molecule has 2 aromatic rings. The van der Waals surface area contributed by atoms with Crippen molar-refractivity contribution in [2.24, 2.45) is 0 Å². The van der Waals surface area contributed by atoms with Gasteiger partial charge in [-0.05, 0) is 6.42 Å². The van der Waals surface area contributed by atoms with E-state index < -0.39 is 0 Å². The van der Waals surface area contributed by atoms with Crippen molar-refractivity contribution in [3.8, 4) is 0 Å². The van der Waals surface area contributed by atoms with Crippen molar-refractivity contribution in [1.82, 2.24) is 24.8 Å². The topological polar surface area (TPSA) is 83.7 Å². The lowest BCUT2D eigenvalue weighted by Crippen LogP contribution is -2.31. The number of aryl methyl sites for hydroxylation is 1. The minimum absolute atomic E-state index is 0.372. The normalized spacial score (nSPS) is 15.1. The van der Waals surface area contributed by atoms with Crippen LogP contribution in [0.4, 0.5) is 5.95 Å². The molecule has 0 radical (unpaired) electrons. The number of hydrogen-bond donors (Lipinski definition) is 2. The number of hydrogen-bond acceptors (Lipinski definition) is 5. The number of nitrogens with one attached hydrogen (secondary N) is 1. The highest BCUT2D eigenvalue weighted by molar-refractivity contribution is 5.27. The van der Waals surface area contributed by atoms with Crippen LogP contribution < -0.4 is 5.73 Å². The Morgan fingerprint density at radius 3 is 3.10 bits per heavy atom. The number of imidazole rings is 1. The Balaban J connectivity index is 1.61. The van der Waals surface area contributed by atoms with Gasteiger partial charge in [0.05, 0.1) is 5.69 Å². The second-order valence-electron chi connectivity index (χ2n) is 5.62. The Bertz CT molecular complexity index is 606. The second-order valence-corrected chi connectivity index (χ2v) is 5.62. The lowest BCUT2D eigenvalue weighted by Gasteiger charge is -2.27. The number of H-pyrrole nitrogens is 1. The number of aromatic nitrogens is 4. The maximum Gasteiger partial charge on any atom is 0.220 e. The van der Waals surface area contributed by atoms with Gasteiger partial charge in [0.1, 0.15) is 5.82 Å². The molecule has 1 aliphatic heterocycles. The zero-order chi connectivity index (χ0) is 14.7. The third kappa shape index (κ3) is 3.39. The highest BCUT2D eigenvalue weighted by atomic mass is 15.2. The van der Waals surface area contributed by atoms with Crippen LogP contribution in [-0.2, 0) is 25.9 Å². The smallest absolute Gasteiger partial charge is 0.220 e. The van der Waals surface area contributed by atoms with E-state index in [1.165, 1.54) is 24.1 Å². The zero-order valence-corrected chi connectivity index (χ0v) is 12.5. The van der Waals surface area contributed by atoms with E-state index in [4.69, 9.17) is 5.73 Å². The SMILES string of the molecule is CCCCc1ncc(CN2CCc3nc(N)ncc3C2)[nH]1. The number of aromatic amines is 1. The molecule has 0 aliphatic carbocycles. The molecule has 0 atom stereocenters. The maximum atomic E-state index is 5.63. The zero-order valence-electron chi connectivity index (χ0n) is 12.5. The number of unbranched alkanes of at least 4 members (excludes halogenated alkanes) is 1. The quantitative estimate of drug-likeness (QED) is 0.873. The molecule has 3 N–H and O–H groups in total. The van der Waals surface area contributed by atoms with Crippen molar-refractivity contribution >= 4 is 5.95 Å². The van der Waals surface area contributed by atoms with E-state index in [-0.39, 0.29) is 0 Å². The van der Waals surface area contributed by atoms with Crippen LogP contribution in [0.1, 0.15) is 42.5 Å². The number of rotatable bonds is 5. The van der Waals surface area contributed by atoms with Crippen LogP contribution >= 0.6 is 0 Å². The van der Waals surface area contributed by atoms with E-state index in [0.29, 0.717) is 5.95 Å². The predicted octanol–water partition coefficient (Wildman–Crippen LogP) is 1.68. The van der Waals surface area contributed by atoms with Gasteiger partial charge in [-0.3, -0.25) is 4.90 Å². The van der Waals surface area contributed by atoms with Crippen molar-refractivity contribution in [3.63, 3.8) is 0 Å². The molecule has 0 unspecified atom stereocenters. The summed E-state index contributed by atoms with van der Waals surface area (Å²) in [4.78, 5) is 18.7. The van der Waals surface area contributed by atoms with E-state index in [2.05, 4.69) is 31.8 Å². The Hall–Kier alpha value is -1.95. The van der Waals surface area contributed by atoms with E-state index in [9.17, 15) is 0 Å². The van der Waals surface area contributed by atoms with Crippen LogP contribution in [0.15, 0.2) is 12.4 Å². The molecule has 112 valence electrons. The lowest BCUT2D eigenvalue weighted by atomic mass is 10.1. The van der Waals surface area contributed by atoms with Crippen molar-refractivity contribution in [2.45, 2.75) is 45.7 Å². The van der Waals surface area contributed by atoms with Crippen molar-refractivity contribution < 1.29 is 0 Å².